The van der Waals surface area contributed by atoms with E-state index >= 15 is 0 Å². The van der Waals surface area contributed by atoms with Crippen LogP contribution in [0.2, 0.25) is 0 Å². The molecule has 7 heteroatoms. The molecule has 1 amide bonds. The van der Waals surface area contributed by atoms with Crippen molar-refractivity contribution >= 4 is 11.6 Å². The summed E-state index contributed by atoms with van der Waals surface area (Å²) in [5, 5.41) is 2.64. The summed E-state index contributed by atoms with van der Waals surface area (Å²) in [5.41, 5.74) is 1.60. The number of hydrogen-bond acceptors (Lipinski definition) is 3. The average molecular weight is 352 g/mol. The van der Waals surface area contributed by atoms with Crippen LogP contribution in [0.25, 0.3) is 0 Å². The van der Waals surface area contributed by atoms with Gasteiger partial charge in [0.1, 0.15) is 5.75 Å². The van der Waals surface area contributed by atoms with Crippen molar-refractivity contribution in [1.29, 1.82) is 0 Å². The van der Waals surface area contributed by atoms with E-state index in [2.05, 4.69) is 10.1 Å². The standard InChI is InChI=1S/C18H19F3N2O2/c1-23(12-11-14-5-3-2-4-6-14)13-17(24)22-15-7-9-16(10-8-15)25-18(19,20)21/h2-10H,11-13H2,1H3,(H,22,24). The molecule has 0 saturated carbocycles. The number of rotatable bonds is 7. The molecule has 134 valence electrons. The topological polar surface area (TPSA) is 41.6 Å². The zero-order valence-corrected chi connectivity index (χ0v) is 13.7. The van der Waals surface area contributed by atoms with Crippen LogP contribution in [-0.4, -0.2) is 37.3 Å². The minimum atomic E-state index is -4.73. The monoisotopic (exact) mass is 352 g/mol. The van der Waals surface area contributed by atoms with Gasteiger partial charge in [-0.25, -0.2) is 0 Å². The minimum absolute atomic E-state index is 0.188. The Hall–Kier alpha value is -2.54. The highest BCUT2D eigenvalue weighted by Crippen LogP contribution is 2.23. The summed E-state index contributed by atoms with van der Waals surface area (Å²) < 4.78 is 40.1. The molecule has 2 aromatic carbocycles. The van der Waals surface area contributed by atoms with Crippen molar-refractivity contribution in [2.45, 2.75) is 12.8 Å². The fourth-order valence-electron chi connectivity index (χ4n) is 2.23. The van der Waals surface area contributed by atoms with E-state index in [0.717, 1.165) is 25.1 Å². The van der Waals surface area contributed by atoms with E-state index < -0.39 is 6.36 Å². The number of likely N-dealkylation sites (N-methyl/N-ethyl adjacent to an activating group) is 1. The summed E-state index contributed by atoms with van der Waals surface area (Å²) in [6.07, 6.45) is -3.90. The molecule has 0 saturated heterocycles. The van der Waals surface area contributed by atoms with Crippen molar-refractivity contribution in [2.24, 2.45) is 0 Å². The van der Waals surface area contributed by atoms with E-state index in [1.807, 2.05) is 42.3 Å². The van der Waals surface area contributed by atoms with Crippen LogP contribution in [0.15, 0.2) is 54.6 Å². The van der Waals surface area contributed by atoms with Gasteiger partial charge in [0.2, 0.25) is 5.91 Å². The fourth-order valence-corrected chi connectivity index (χ4v) is 2.23. The van der Waals surface area contributed by atoms with Crippen LogP contribution in [0.1, 0.15) is 5.56 Å². The third kappa shape index (κ3) is 7.26. The van der Waals surface area contributed by atoms with E-state index in [1.54, 1.807) is 0 Å². The van der Waals surface area contributed by atoms with Gasteiger partial charge in [-0.3, -0.25) is 9.69 Å². The Kier molecular flexibility index (Phi) is 6.41. The number of alkyl halides is 3. The Morgan fingerprint density at radius 3 is 2.32 bits per heavy atom. The summed E-state index contributed by atoms with van der Waals surface area (Å²) in [6.45, 7) is 0.906. The Morgan fingerprint density at radius 1 is 1.08 bits per heavy atom. The second-order valence-electron chi connectivity index (χ2n) is 5.59. The summed E-state index contributed by atoms with van der Waals surface area (Å²) in [6, 6.07) is 15.0. The molecule has 0 unspecified atom stereocenters. The first-order chi connectivity index (χ1) is 11.8. The van der Waals surface area contributed by atoms with Crippen LogP contribution in [-0.2, 0) is 11.2 Å². The number of halogens is 3. The summed E-state index contributed by atoms with van der Waals surface area (Å²) >= 11 is 0. The van der Waals surface area contributed by atoms with Crippen molar-refractivity contribution in [3.05, 3.63) is 60.2 Å². The van der Waals surface area contributed by atoms with E-state index in [4.69, 9.17) is 0 Å². The Bertz CT molecular complexity index is 673. The number of amides is 1. The summed E-state index contributed by atoms with van der Waals surface area (Å²) in [7, 11) is 1.84. The van der Waals surface area contributed by atoms with Gasteiger partial charge in [0, 0.05) is 12.2 Å². The van der Waals surface area contributed by atoms with Gasteiger partial charge in [-0.2, -0.15) is 0 Å². The van der Waals surface area contributed by atoms with Crippen LogP contribution in [0, 0.1) is 0 Å². The molecule has 0 atom stereocenters. The zero-order chi connectivity index (χ0) is 18.3. The van der Waals surface area contributed by atoms with Gasteiger partial charge in [-0.1, -0.05) is 30.3 Å². The maximum absolute atomic E-state index is 12.1. The number of hydrogen-bond donors (Lipinski definition) is 1. The molecule has 0 aliphatic heterocycles. The molecule has 0 aromatic heterocycles. The number of nitrogens with zero attached hydrogens (tertiary/aromatic N) is 1. The Labute approximate surface area is 144 Å². The predicted octanol–water partition coefficient (Wildman–Crippen LogP) is 3.70. The van der Waals surface area contributed by atoms with Crippen molar-refractivity contribution in [1.82, 2.24) is 4.90 Å². The molecule has 0 bridgehead atoms. The van der Waals surface area contributed by atoms with E-state index in [-0.39, 0.29) is 18.2 Å². The lowest BCUT2D eigenvalue weighted by atomic mass is 10.1. The first-order valence-corrected chi connectivity index (χ1v) is 7.70. The Morgan fingerprint density at radius 2 is 1.72 bits per heavy atom. The molecule has 1 N–H and O–H groups in total. The SMILES string of the molecule is CN(CCc1ccccc1)CC(=O)Nc1ccc(OC(F)(F)F)cc1. The fraction of sp³-hybridized carbons (Fsp3) is 0.278. The Balaban J connectivity index is 1.77. The number of nitrogens with one attached hydrogen (secondary N) is 1. The van der Waals surface area contributed by atoms with Crippen molar-refractivity contribution in [2.75, 3.05) is 25.5 Å². The first kappa shape index (κ1) is 18.8. The molecule has 2 aromatic rings. The molecule has 0 fully saturated rings. The molecular formula is C18H19F3N2O2. The predicted molar refractivity (Wildman–Crippen MR) is 89.4 cm³/mol. The zero-order valence-electron chi connectivity index (χ0n) is 13.7. The molecular weight excluding hydrogens is 333 g/mol. The molecule has 2 rings (SSSR count). The average Bonchev–Trinajstić information content (AvgIpc) is 2.54. The maximum atomic E-state index is 12.1. The number of ether oxygens (including phenoxy) is 1. The van der Waals surface area contributed by atoms with Gasteiger partial charge in [-0.05, 0) is 43.3 Å². The van der Waals surface area contributed by atoms with E-state index in [0.29, 0.717) is 5.69 Å². The highest BCUT2D eigenvalue weighted by Gasteiger charge is 2.30. The van der Waals surface area contributed by atoms with Gasteiger partial charge in [-0.15, -0.1) is 13.2 Å². The smallest absolute Gasteiger partial charge is 0.406 e. The first-order valence-electron chi connectivity index (χ1n) is 7.70. The van der Waals surface area contributed by atoms with E-state index in [9.17, 15) is 18.0 Å². The van der Waals surface area contributed by atoms with Gasteiger partial charge in [0.15, 0.2) is 0 Å². The second kappa shape index (κ2) is 8.53. The van der Waals surface area contributed by atoms with E-state index in [1.165, 1.54) is 17.7 Å². The van der Waals surface area contributed by atoms with Gasteiger partial charge in [0.05, 0.1) is 6.54 Å². The number of anilines is 1. The van der Waals surface area contributed by atoms with Crippen molar-refractivity contribution < 1.29 is 22.7 Å². The van der Waals surface area contributed by atoms with Gasteiger partial charge in [0.25, 0.3) is 0 Å². The quantitative estimate of drug-likeness (QED) is 0.826. The second-order valence-corrected chi connectivity index (χ2v) is 5.59. The summed E-state index contributed by atoms with van der Waals surface area (Å²) in [5.74, 6) is -0.564. The van der Waals surface area contributed by atoms with Crippen molar-refractivity contribution in [3.63, 3.8) is 0 Å². The molecule has 0 spiro atoms. The highest BCUT2D eigenvalue weighted by atomic mass is 19.4. The van der Waals surface area contributed by atoms with Crippen LogP contribution >= 0.6 is 0 Å². The molecule has 0 aliphatic rings. The van der Waals surface area contributed by atoms with Gasteiger partial charge < -0.3 is 10.1 Å². The lowest BCUT2D eigenvalue weighted by Gasteiger charge is -2.16. The highest BCUT2D eigenvalue weighted by molar-refractivity contribution is 5.92. The maximum Gasteiger partial charge on any atom is 0.573 e. The molecule has 4 nitrogen and oxygen atoms in total. The van der Waals surface area contributed by atoms with Crippen molar-refractivity contribution in [3.8, 4) is 5.75 Å². The summed E-state index contributed by atoms with van der Waals surface area (Å²) in [4.78, 5) is 13.9. The minimum Gasteiger partial charge on any atom is -0.406 e. The molecule has 0 heterocycles. The number of benzene rings is 2. The molecule has 0 aliphatic carbocycles. The molecule has 0 radical (unpaired) electrons. The van der Waals surface area contributed by atoms with Crippen LogP contribution in [0.5, 0.6) is 5.75 Å². The lowest BCUT2D eigenvalue weighted by molar-refractivity contribution is -0.274. The van der Waals surface area contributed by atoms with Crippen LogP contribution < -0.4 is 10.1 Å². The lowest BCUT2D eigenvalue weighted by Crippen LogP contribution is -2.31. The number of carbonyl (C=O) groups is 1. The largest absolute Gasteiger partial charge is 0.573 e. The van der Waals surface area contributed by atoms with Crippen LogP contribution in [0.3, 0.4) is 0 Å². The number of carbonyl (C=O) groups excluding carboxylic acids is 1. The third-order valence-electron chi connectivity index (χ3n) is 3.41. The van der Waals surface area contributed by atoms with Crippen LogP contribution in [0.4, 0.5) is 18.9 Å². The third-order valence-corrected chi connectivity index (χ3v) is 3.41. The molecule has 25 heavy (non-hydrogen) atoms. The normalized spacial score (nSPS) is 11.4. The van der Waals surface area contributed by atoms with Gasteiger partial charge >= 0.3 is 6.36 Å².